The Bertz CT molecular complexity index is 1260. The van der Waals surface area contributed by atoms with Gasteiger partial charge in [0.15, 0.2) is 6.10 Å². The number of hydrogen-bond donors (Lipinski definition) is 2. The molecule has 35 heavy (non-hydrogen) atoms. The molecule has 11 heteroatoms. The predicted molar refractivity (Wildman–Crippen MR) is 130 cm³/mol. The zero-order valence-corrected chi connectivity index (χ0v) is 20.9. The minimum atomic E-state index is -3.90. The lowest BCUT2D eigenvalue weighted by Gasteiger charge is -2.32. The second-order valence-corrected chi connectivity index (χ2v) is 10.5. The number of nitrogens with one attached hydrogen (secondary N) is 2. The molecule has 188 valence electrons. The second-order valence-electron chi connectivity index (χ2n) is 8.62. The monoisotopic (exact) mass is 503 g/mol. The SMILES string of the molecule is COc1ccc(NC(=O)[C@@H]2CCCN(S(=O)(=O)c3cc4c(cc3C)NC(=O)[C@H](C)O4)C2)c(OC)c1. The van der Waals surface area contributed by atoms with Crippen LogP contribution >= 0.6 is 0 Å². The molecule has 2 aliphatic heterocycles. The van der Waals surface area contributed by atoms with Gasteiger partial charge in [-0.05, 0) is 50.5 Å². The van der Waals surface area contributed by atoms with Gasteiger partial charge in [-0.25, -0.2) is 8.42 Å². The van der Waals surface area contributed by atoms with Gasteiger partial charge in [0, 0.05) is 25.2 Å². The van der Waals surface area contributed by atoms with Gasteiger partial charge < -0.3 is 24.8 Å². The number of nitrogens with zero attached hydrogens (tertiary/aromatic N) is 1. The lowest BCUT2D eigenvalue weighted by molar-refractivity contribution is -0.123. The molecule has 0 aliphatic carbocycles. The third kappa shape index (κ3) is 4.92. The van der Waals surface area contributed by atoms with E-state index in [0.29, 0.717) is 53.6 Å². The summed E-state index contributed by atoms with van der Waals surface area (Å²) in [5.41, 5.74) is 1.41. The lowest BCUT2D eigenvalue weighted by atomic mass is 9.98. The van der Waals surface area contributed by atoms with Gasteiger partial charge in [-0.3, -0.25) is 9.59 Å². The highest BCUT2D eigenvalue weighted by molar-refractivity contribution is 7.89. The average Bonchev–Trinajstić information content (AvgIpc) is 2.85. The van der Waals surface area contributed by atoms with Crippen LogP contribution in [0.3, 0.4) is 0 Å². The zero-order chi connectivity index (χ0) is 25.3. The molecule has 10 nitrogen and oxygen atoms in total. The summed E-state index contributed by atoms with van der Waals surface area (Å²) in [7, 11) is -0.864. The van der Waals surface area contributed by atoms with Crippen LogP contribution in [0.2, 0.25) is 0 Å². The van der Waals surface area contributed by atoms with Gasteiger partial charge in [-0.1, -0.05) is 0 Å². The maximum Gasteiger partial charge on any atom is 0.265 e. The molecule has 0 radical (unpaired) electrons. The van der Waals surface area contributed by atoms with Gasteiger partial charge in [0.2, 0.25) is 15.9 Å². The Morgan fingerprint density at radius 2 is 1.97 bits per heavy atom. The van der Waals surface area contributed by atoms with Crippen LogP contribution < -0.4 is 24.8 Å². The van der Waals surface area contributed by atoms with Gasteiger partial charge in [-0.15, -0.1) is 0 Å². The molecule has 2 atom stereocenters. The van der Waals surface area contributed by atoms with Crippen molar-refractivity contribution < 1.29 is 32.2 Å². The molecule has 1 saturated heterocycles. The number of hydrogen-bond acceptors (Lipinski definition) is 7. The largest absolute Gasteiger partial charge is 0.497 e. The Labute approximate surface area is 204 Å². The van der Waals surface area contributed by atoms with E-state index in [4.69, 9.17) is 14.2 Å². The maximum atomic E-state index is 13.6. The highest BCUT2D eigenvalue weighted by Crippen LogP contribution is 2.36. The van der Waals surface area contributed by atoms with Crippen LogP contribution in [0, 0.1) is 12.8 Å². The third-order valence-electron chi connectivity index (χ3n) is 6.25. The summed E-state index contributed by atoms with van der Waals surface area (Å²) in [5.74, 6) is 0.247. The van der Waals surface area contributed by atoms with Crippen molar-refractivity contribution in [3.05, 3.63) is 35.9 Å². The molecule has 2 heterocycles. The van der Waals surface area contributed by atoms with Crippen molar-refractivity contribution in [2.24, 2.45) is 5.92 Å². The summed E-state index contributed by atoms with van der Waals surface area (Å²) < 4.78 is 44.6. The van der Waals surface area contributed by atoms with Gasteiger partial charge in [0.05, 0.1) is 36.4 Å². The fourth-order valence-electron chi connectivity index (χ4n) is 4.27. The Morgan fingerprint density at radius 3 is 2.69 bits per heavy atom. The number of rotatable bonds is 6. The number of anilines is 2. The molecule has 0 spiro atoms. The highest BCUT2D eigenvalue weighted by atomic mass is 32.2. The van der Waals surface area contributed by atoms with Crippen molar-refractivity contribution in [3.63, 3.8) is 0 Å². The second kappa shape index (κ2) is 9.74. The van der Waals surface area contributed by atoms with E-state index in [1.807, 2.05) is 0 Å². The molecule has 0 bridgehead atoms. The minimum Gasteiger partial charge on any atom is -0.497 e. The van der Waals surface area contributed by atoms with E-state index in [2.05, 4.69) is 10.6 Å². The number of sulfonamides is 1. The Morgan fingerprint density at radius 1 is 1.20 bits per heavy atom. The quantitative estimate of drug-likeness (QED) is 0.621. The van der Waals surface area contributed by atoms with Crippen molar-refractivity contribution in [3.8, 4) is 17.2 Å². The number of piperidine rings is 1. The number of carbonyl (C=O) groups is 2. The summed E-state index contributed by atoms with van der Waals surface area (Å²) in [6, 6.07) is 8.10. The van der Waals surface area contributed by atoms with Crippen molar-refractivity contribution >= 4 is 33.2 Å². The van der Waals surface area contributed by atoms with E-state index in [1.54, 1.807) is 38.1 Å². The van der Waals surface area contributed by atoms with Crippen LogP contribution in [-0.2, 0) is 19.6 Å². The number of benzene rings is 2. The molecule has 0 aromatic heterocycles. The molecule has 4 rings (SSSR count). The Kier molecular flexibility index (Phi) is 6.91. The van der Waals surface area contributed by atoms with Gasteiger partial charge >= 0.3 is 0 Å². The fraction of sp³-hybridized carbons (Fsp3) is 0.417. The van der Waals surface area contributed by atoms with E-state index in [1.165, 1.54) is 24.6 Å². The molecular weight excluding hydrogens is 474 g/mol. The first-order valence-electron chi connectivity index (χ1n) is 11.3. The zero-order valence-electron chi connectivity index (χ0n) is 20.1. The molecular formula is C24H29N3O7S. The molecule has 2 aromatic carbocycles. The van der Waals surface area contributed by atoms with Crippen LogP contribution in [0.4, 0.5) is 11.4 Å². The first-order chi connectivity index (χ1) is 16.6. The molecule has 0 saturated carbocycles. The molecule has 2 amide bonds. The summed E-state index contributed by atoms with van der Waals surface area (Å²) in [5, 5.41) is 5.58. The molecule has 2 aromatic rings. The number of ether oxygens (including phenoxy) is 3. The van der Waals surface area contributed by atoms with Gasteiger partial charge in [0.1, 0.15) is 17.2 Å². The van der Waals surface area contributed by atoms with Crippen LogP contribution in [0.1, 0.15) is 25.3 Å². The van der Waals surface area contributed by atoms with E-state index in [-0.39, 0.29) is 23.3 Å². The Balaban J connectivity index is 1.53. The molecule has 2 N–H and O–H groups in total. The van der Waals surface area contributed by atoms with E-state index in [0.717, 1.165) is 0 Å². The van der Waals surface area contributed by atoms with E-state index < -0.39 is 22.0 Å². The molecule has 1 fully saturated rings. The third-order valence-corrected chi connectivity index (χ3v) is 8.25. The minimum absolute atomic E-state index is 0.0527. The normalized spacial score (nSPS) is 20.3. The molecule has 2 aliphatic rings. The first-order valence-corrected chi connectivity index (χ1v) is 12.7. The summed E-state index contributed by atoms with van der Waals surface area (Å²) in [6.45, 7) is 3.62. The van der Waals surface area contributed by atoms with E-state index in [9.17, 15) is 18.0 Å². The van der Waals surface area contributed by atoms with Gasteiger partial charge in [0.25, 0.3) is 5.91 Å². The van der Waals surface area contributed by atoms with Crippen LogP contribution in [0.5, 0.6) is 17.2 Å². The van der Waals surface area contributed by atoms with Crippen LogP contribution in [0.25, 0.3) is 0 Å². The number of amides is 2. The van der Waals surface area contributed by atoms with Crippen molar-refractivity contribution in [1.29, 1.82) is 0 Å². The van der Waals surface area contributed by atoms with Crippen molar-refractivity contribution in [2.75, 3.05) is 37.9 Å². The summed E-state index contributed by atoms with van der Waals surface area (Å²) >= 11 is 0. The summed E-state index contributed by atoms with van der Waals surface area (Å²) in [6.07, 6.45) is 0.385. The fourth-order valence-corrected chi connectivity index (χ4v) is 6.02. The van der Waals surface area contributed by atoms with E-state index >= 15 is 0 Å². The number of fused-ring (bicyclic) bond motifs is 1. The van der Waals surface area contributed by atoms with Gasteiger partial charge in [-0.2, -0.15) is 4.31 Å². The smallest absolute Gasteiger partial charge is 0.265 e. The number of aryl methyl sites for hydroxylation is 1. The standard InChI is InChI=1S/C24H29N3O7S/c1-14-10-19-21(34-15(2)23(28)26-19)12-22(14)35(30,31)27-9-5-6-16(13-27)24(29)25-18-8-7-17(32-3)11-20(18)33-4/h7-8,10-12,15-16H,5-6,9,13H2,1-4H3,(H,25,29)(H,26,28)/t15-,16+/m0/s1. The van der Waals surface area contributed by atoms with Crippen molar-refractivity contribution in [1.82, 2.24) is 4.31 Å². The number of carbonyl (C=O) groups excluding carboxylic acids is 2. The first kappa shape index (κ1) is 24.8. The average molecular weight is 504 g/mol. The maximum absolute atomic E-state index is 13.6. The summed E-state index contributed by atoms with van der Waals surface area (Å²) in [4.78, 5) is 25.0. The predicted octanol–water partition coefficient (Wildman–Crippen LogP) is 2.77. The topological polar surface area (TPSA) is 123 Å². The Hall–Kier alpha value is -3.31. The van der Waals surface area contributed by atoms with Crippen molar-refractivity contribution in [2.45, 2.75) is 37.7 Å². The number of methoxy groups -OCH3 is 2. The lowest BCUT2D eigenvalue weighted by Crippen LogP contribution is -2.44. The highest BCUT2D eigenvalue weighted by Gasteiger charge is 2.35. The van der Waals surface area contributed by atoms with Crippen LogP contribution in [-0.4, -0.2) is 58.0 Å². The molecule has 0 unspecified atom stereocenters. The van der Waals surface area contributed by atoms with Crippen LogP contribution in [0.15, 0.2) is 35.2 Å².